The lowest BCUT2D eigenvalue weighted by molar-refractivity contribution is -0.142. The summed E-state index contributed by atoms with van der Waals surface area (Å²) in [6.45, 7) is 6.27. The number of allylic oxidation sites excluding steroid dienone is 1. The molecule has 0 fully saturated rings. The van der Waals surface area contributed by atoms with Crippen LogP contribution in [0.4, 0.5) is 0 Å². The Morgan fingerprint density at radius 1 is 1.21 bits per heavy atom. The van der Waals surface area contributed by atoms with Crippen molar-refractivity contribution in [1.29, 1.82) is 0 Å². The molecule has 0 N–H and O–H groups in total. The van der Waals surface area contributed by atoms with E-state index in [-0.39, 0.29) is 5.97 Å². The third-order valence-corrected chi connectivity index (χ3v) is 2.56. The van der Waals surface area contributed by atoms with Crippen LogP contribution < -0.4 is 0 Å². The largest absolute Gasteiger partial charge is 0.465 e. The fraction of sp³-hybridized carbons (Fsp3) is 0.588. The fourth-order valence-corrected chi connectivity index (χ4v) is 1.39. The molecule has 1 unspecified atom stereocenters. The number of hydrogen-bond acceptors (Lipinski definition) is 2. The van der Waals surface area contributed by atoms with Gasteiger partial charge in [-0.2, -0.15) is 0 Å². The van der Waals surface area contributed by atoms with E-state index in [1.54, 1.807) is 0 Å². The fourth-order valence-electron chi connectivity index (χ4n) is 1.39. The lowest BCUT2D eigenvalue weighted by atomic mass is 10.1. The molecule has 104 valence electrons. The molecule has 0 aromatic heterocycles. The molecule has 0 heterocycles. The van der Waals surface area contributed by atoms with Crippen molar-refractivity contribution in [1.82, 2.24) is 0 Å². The molecule has 0 radical (unpaired) electrons. The first-order chi connectivity index (χ1) is 9.20. The number of ether oxygens (including phenoxy) is 1. The molecule has 0 spiro atoms. The van der Waals surface area contributed by atoms with E-state index in [0.717, 1.165) is 25.7 Å². The summed E-state index contributed by atoms with van der Waals surface area (Å²) in [6, 6.07) is 0. The zero-order valence-electron chi connectivity index (χ0n) is 12.3. The van der Waals surface area contributed by atoms with Crippen LogP contribution in [0, 0.1) is 29.6 Å². The van der Waals surface area contributed by atoms with Crippen LogP contribution >= 0.6 is 0 Å². The van der Waals surface area contributed by atoms with Gasteiger partial charge in [0.1, 0.15) is 0 Å². The highest BCUT2D eigenvalue weighted by molar-refractivity contribution is 5.71. The average Bonchev–Trinajstić information content (AvgIpc) is 2.40. The smallest absolute Gasteiger partial charge is 0.309 e. The van der Waals surface area contributed by atoms with Gasteiger partial charge in [0.25, 0.3) is 0 Å². The average molecular weight is 260 g/mol. The SMILES string of the molecule is CC#CCCC=CCC(=O)OCCC(C)CC#CC. The Hall–Kier alpha value is -1.67. The van der Waals surface area contributed by atoms with Gasteiger partial charge < -0.3 is 4.74 Å². The van der Waals surface area contributed by atoms with Crippen molar-refractivity contribution in [2.45, 2.75) is 52.9 Å². The van der Waals surface area contributed by atoms with Gasteiger partial charge in [0.05, 0.1) is 13.0 Å². The summed E-state index contributed by atoms with van der Waals surface area (Å²) in [7, 11) is 0. The van der Waals surface area contributed by atoms with Crippen molar-refractivity contribution in [3.63, 3.8) is 0 Å². The molecule has 0 aliphatic rings. The van der Waals surface area contributed by atoms with Gasteiger partial charge in [0, 0.05) is 12.8 Å². The number of carbonyl (C=O) groups is 1. The maximum absolute atomic E-state index is 11.4. The molecule has 0 aromatic carbocycles. The molecule has 0 amide bonds. The van der Waals surface area contributed by atoms with Crippen molar-refractivity contribution in [2.24, 2.45) is 5.92 Å². The normalized spacial score (nSPS) is 11.1. The third-order valence-electron chi connectivity index (χ3n) is 2.56. The van der Waals surface area contributed by atoms with E-state index >= 15 is 0 Å². The number of unbranched alkanes of at least 4 members (excludes halogenated alkanes) is 1. The molecule has 0 aliphatic carbocycles. The first kappa shape index (κ1) is 17.3. The summed E-state index contributed by atoms with van der Waals surface area (Å²) in [5, 5.41) is 0. The minimum Gasteiger partial charge on any atom is -0.465 e. The minimum atomic E-state index is -0.161. The predicted octanol–water partition coefficient (Wildman–Crippen LogP) is 3.72. The molecular weight excluding hydrogens is 236 g/mol. The molecule has 0 aliphatic heterocycles. The van der Waals surface area contributed by atoms with Crippen LogP contribution in [0.1, 0.15) is 52.9 Å². The maximum atomic E-state index is 11.4. The number of rotatable bonds is 8. The minimum absolute atomic E-state index is 0.161. The monoisotopic (exact) mass is 260 g/mol. The highest BCUT2D eigenvalue weighted by atomic mass is 16.5. The van der Waals surface area contributed by atoms with Crippen LogP contribution in [-0.2, 0) is 9.53 Å². The molecule has 0 bridgehead atoms. The maximum Gasteiger partial charge on any atom is 0.309 e. The topological polar surface area (TPSA) is 26.3 Å². The first-order valence-electron chi connectivity index (χ1n) is 6.80. The predicted molar refractivity (Wildman–Crippen MR) is 79.2 cm³/mol. The molecule has 19 heavy (non-hydrogen) atoms. The van der Waals surface area contributed by atoms with Crippen LogP contribution in [0.15, 0.2) is 12.2 Å². The van der Waals surface area contributed by atoms with Gasteiger partial charge in [-0.1, -0.05) is 19.1 Å². The number of hydrogen-bond donors (Lipinski definition) is 0. The zero-order valence-corrected chi connectivity index (χ0v) is 12.3. The van der Waals surface area contributed by atoms with Crippen LogP contribution in [0.25, 0.3) is 0 Å². The second-order valence-corrected chi connectivity index (χ2v) is 4.39. The van der Waals surface area contributed by atoms with Crippen LogP contribution in [0.3, 0.4) is 0 Å². The highest BCUT2D eigenvalue weighted by Crippen LogP contribution is 2.06. The van der Waals surface area contributed by atoms with Crippen molar-refractivity contribution >= 4 is 5.97 Å². The van der Waals surface area contributed by atoms with Crippen molar-refractivity contribution in [3.8, 4) is 23.7 Å². The standard InChI is InChI=1S/C17H24O2/c1-4-6-8-9-10-11-13-17(18)19-15-14-16(3)12-7-5-2/h10-11,16H,8-9,12-15H2,1-3H3. The lowest BCUT2D eigenvalue weighted by Crippen LogP contribution is -2.07. The van der Waals surface area contributed by atoms with E-state index in [9.17, 15) is 4.79 Å². The van der Waals surface area contributed by atoms with Crippen molar-refractivity contribution in [2.75, 3.05) is 6.61 Å². The Labute approximate surface area is 117 Å². The molecule has 1 atom stereocenters. The Morgan fingerprint density at radius 2 is 1.95 bits per heavy atom. The van der Waals surface area contributed by atoms with Crippen LogP contribution in [-0.4, -0.2) is 12.6 Å². The van der Waals surface area contributed by atoms with E-state index in [1.807, 2.05) is 26.0 Å². The quantitative estimate of drug-likeness (QED) is 0.288. The summed E-state index contributed by atoms with van der Waals surface area (Å²) < 4.78 is 5.15. The first-order valence-corrected chi connectivity index (χ1v) is 6.80. The van der Waals surface area contributed by atoms with Crippen molar-refractivity contribution in [3.05, 3.63) is 12.2 Å². The van der Waals surface area contributed by atoms with Gasteiger partial charge in [-0.25, -0.2) is 0 Å². The summed E-state index contributed by atoms with van der Waals surface area (Å²) in [6.07, 6.45) is 7.65. The van der Waals surface area contributed by atoms with E-state index in [2.05, 4.69) is 30.6 Å². The Balaban J connectivity index is 3.57. The molecule has 2 nitrogen and oxygen atoms in total. The summed E-state index contributed by atoms with van der Waals surface area (Å²) >= 11 is 0. The van der Waals surface area contributed by atoms with Gasteiger partial charge in [0.15, 0.2) is 0 Å². The molecule has 0 saturated carbocycles. The van der Waals surface area contributed by atoms with E-state index < -0.39 is 0 Å². The van der Waals surface area contributed by atoms with E-state index in [1.165, 1.54) is 0 Å². The number of esters is 1. The van der Waals surface area contributed by atoms with Crippen LogP contribution in [0.2, 0.25) is 0 Å². The molecule has 0 saturated heterocycles. The summed E-state index contributed by atoms with van der Waals surface area (Å²) in [5.74, 6) is 12.0. The Kier molecular flexibility index (Phi) is 11.7. The molecular formula is C17H24O2. The lowest BCUT2D eigenvalue weighted by Gasteiger charge is -2.07. The third kappa shape index (κ3) is 12.6. The van der Waals surface area contributed by atoms with E-state index in [4.69, 9.17) is 4.74 Å². The van der Waals surface area contributed by atoms with Crippen molar-refractivity contribution < 1.29 is 9.53 Å². The Bertz CT molecular complexity index is 385. The molecule has 0 rings (SSSR count). The zero-order chi connectivity index (χ0) is 14.3. The van der Waals surface area contributed by atoms with Gasteiger partial charge in [-0.3, -0.25) is 4.79 Å². The van der Waals surface area contributed by atoms with Gasteiger partial charge >= 0.3 is 5.97 Å². The second kappa shape index (κ2) is 12.8. The van der Waals surface area contributed by atoms with Gasteiger partial charge in [-0.05, 0) is 32.6 Å². The summed E-state index contributed by atoms with van der Waals surface area (Å²) in [4.78, 5) is 11.4. The van der Waals surface area contributed by atoms with E-state index in [0.29, 0.717) is 18.9 Å². The van der Waals surface area contributed by atoms with Crippen LogP contribution in [0.5, 0.6) is 0 Å². The van der Waals surface area contributed by atoms with Gasteiger partial charge in [-0.15, -0.1) is 23.7 Å². The second-order valence-electron chi connectivity index (χ2n) is 4.39. The highest BCUT2D eigenvalue weighted by Gasteiger charge is 2.03. The molecule has 2 heteroatoms. The van der Waals surface area contributed by atoms with Gasteiger partial charge in [0.2, 0.25) is 0 Å². The Morgan fingerprint density at radius 3 is 2.63 bits per heavy atom. The number of carbonyl (C=O) groups excluding carboxylic acids is 1. The summed E-state index contributed by atoms with van der Waals surface area (Å²) in [5.41, 5.74) is 0. The molecule has 0 aromatic rings.